The van der Waals surface area contributed by atoms with Crippen LogP contribution in [0, 0.1) is 0 Å². The molecule has 28 heavy (non-hydrogen) atoms. The normalized spacial score (nSPS) is 18.1. The highest BCUT2D eigenvalue weighted by Crippen LogP contribution is 2.19. The molecule has 1 saturated heterocycles. The number of carboxylic acids is 1. The maximum Gasteiger partial charge on any atom is 0.322 e. The number of hydrogen-bond acceptors (Lipinski definition) is 8. The second-order valence-electron chi connectivity index (χ2n) is 6.05. The number of aliphatic carboxylic acids is 1. The number of nitrogens with zero attached hydrogens (tertiary/aromatic N) is 1. The highest BCUT2D eigenvalue weighted by Gasteiger charge is 2.37. The highest BCUT2D eigenvalue weighted by atomic mass is 32.1. The van der Waals surface area contributed by atoms with Crippen molar-refractivity contribution in [2.24, 2.45) is 5.73 Å². The van der Waals surface area contributed by atoms with Gasteiger partial charge in [0, 0.05) is 18.1 Å². The van der Waals surface area contributed by atoms with E-state index in [9.17, 15) is 24.0 Å². The van der Waals surface area contributed by atoms with Crippen LogP contribution in [0.4, 0.5) is 0 Å². The summed E-state index contributed by atoms with van der Waals surface area (Å²) in [5.41, 5.74) is 5.20. The molecule has 0 aromatic carbocycles. The van der Waals surface area contributed by atoms with Gasteiger partial charge in [-0.2, -0.15) is 25.3 Å². The summed E-state index contributed by atoms with van der Waals surface area (Å²) in [5, 5.41) is 15.8. The van der Waals surface area contributed by atoms with Gasteiger partial charge in [-0.3, -0.25) is 24.0 Å². The molecule has 1 fully saturated rings. The Labute approximate surface area is 173 Å². The first kappa shape index (κ1) is 24.0. The lowest BCUT2D eigenvalue weighted by atomic mass is 10.2. The minimum Gasteiger partial charge on any atom is -0.480 e. The number of rotatable bonds is 10. The molecule has 0 aromatic heterocycles. The number of carbonyl (C=O) groups is 5. The molecular formula is C15H25N5O6S2. The van der Waals surface area contributed by atoms with Crippen molar-refractivity contribution in [3.8, 4) is 0 Å². The first-order chi connectivity index (χ1) is 13.2. The summed E-state index contributed by atoms with van der Waals surface area (Å²) in [6.07, 6.45) is 0.951. The van der Waals surface area contributed by atoms with Gasteiger partial charge < -0.3 is 31.7 Å². The summed E-state index contributed by atoms with van der Waals surface area (Å²) < 4.78 is 0. The molecule has 0 spiro atoms. The number of carbonyl (C=O) groups excluding carboxylic acids is 4. The second kappa shape index (κ2) is 11.8. The van der Waals surface area contributed by atoms with E-state index in [-0.39, 0.29) is 18.1 Å². The Bertz CT molecular complexity index is 620. The van der Waals surface area contributed by atoms with Crippen molar-refractivity contribution in [1.29, 1.82) is 0 Å². The summed E-state index contributed by atoms with van der Waals surface area (Å²) in [7, 11) is 0. The Kier molecular flexibility index (Phi) is 10.1. The summed E-state index contributed by atoms with van der Waals surface area (Å²) in [6.45, 7) is -0.550. The Hall–Kier alpha value is -1.99. The molecule has 4 amide bonds. The van der Waals surface area contributed by atoms with E-state index in [0.29, 0.717) is 19.4 Å². The van der Waals surface area contributed by atoms with Crippen LogP contribution < -0.4 is 21.7 Å². The lowest BCUT2D eigenvalue weighted by molar-refractivity contribution is -0.142. The zero-order valence-electron chi connectivity index (χ0n) is 15.1. The monoisotopic (exact) mass is 435 g/mol. The molecule has 0 unspecified atom stereocenters. The quantitative estimate of drug-likeness (QED) is 0.179. The van der Waals surface area contributed by atoms with Gasteiger partial charge in [-0.05, 0) is 12.8 Å². The van der Waals surface area contributed by atoms with E-state index in [0.717, 1.165) is 0 Å². The van der Waals surface area contributed by atoms with Crippen molar-refractivity contribution in [1.82, 2.24) is 20.9 Å². The van der Waals surface area contributed by atoms with E-state index in [1.54, 1.807) is 0 Å². The zero-order chi connectivity index (χ0) is 21.3. The Morgan fingerprint density at radius 2 is 1.75 bits per heavy atom. The van der Waals surface area contributed by atoms with E-state index in [1.165, 1.54) is 4.90 Å². The lowest BCUT2D eigenvalue weighted by Crippen LogP contribution is -2.58. The van der Waals surface area contributed by atoms with Crippen LogP contribution >= 0.6 is 25.3 Å². The van der Waals surface area contributed by atoms with E-state index >= 15 is 0 Å². The molecule has 6 N–H and O–H groups in total. The second-order valence-corrected chi connectivity index (χ2v) is 6.78. The Balaban J connectivity index is 2.77. The van der Waals surface area contributed by atoms with Crippen LogP contribution in [0.1, 0.15) is 12.8 Å². The van der Waals surface area contributed by atoms with Crippen molar-refractivity contribution in [3.05, 3.63) is 0 Å². The van der Waals surface area contributed by atoms with Gasteiger partial charge in [0.15, 0.2) is 0 Å². The van der Waals surface area contributed by atoms with Gasteiger partial charge in [0.1, 0.15) is 24.7 Å². The lowest BCUT2D eigenvalue weighted by Gasteiger charge is -2.28. The molecule has 1 rings (SSSR count). The van der Waals surface area contributed by atoms with Gasteiger partial charge in [0.05, 0.1) is 6.54 Å². The van der Waals surface area contributed by atoms with Crippen molar-refractivity contribution in [2.75, 3.05) is 31.1 Å². The van der Waals surface area contributed by atoms with Crippen LogP contribution in [-0.2, 0) is 24.0 Å². The number of amides is 4. The Morgan fingerprint density at radius 3 is 2.29 bits per heavy atom. The van der Waals surface area contributed by atoms with Crippen LogP contribution in [0.15, 0.2) is 0 Å². The van der Waals surface area contributed by atoms with Gasteiger partial charge in [0.2, 0.25) is 23.6 Å². The molecule has 0 bridgehead atoms. The standard InChI is InChI=1S/C15H25N5O6S2/c16-4-11(21)18-8(6-27)13(24)19-9(7-28)15(26)20-3-1-2-10(20)14(25)17-5-12(22)23/h8-10,27-28H,1-7,16H2,(H,17,25)(H,18,21)(H,19,24)(H,22,23)/t8-,9-,10-/m0/s1. The number of hydrogen-bond donors (Lipinski definition) is 7. The molecule has 1 heterocycles. The van der Waals surface area contributed by atoms with Crippen molar-refractivity contribution < 1.29 is 29.1 Å². The van der Waals surface area contributed by atoms with Crippen LogP contribution in [-0.4, -0.2) is 88.9 Å². The largest absolute Gasteiger partial charge is 0.480 e. The predicted octanol–water partition coefficient (Wildman–Crippen LogP) is -3.03. The highest BCUT2D eigenvalue weighted by molar-refractivity contribution is 7.80. The summed E-state index contributed by atoms with van der Waals surface area (Å²) in [4.78, 5) is 60.6. The number of nitrogens with two attached hydrogens (primary N) is 1. The number of thiol groups is 2. The summed E-state index contributed by atoms with van der Waals surface area (Å²) in [6, 6.07) is -2.83. The first-order valence-electron chi connectivity index (χ1n) is 8.56. The fraction of sp³-hybridized carbons (Fsp3) is 0.667. The molecular weight excluding hydrogens is 410 g/mol. The van der Waals surface area contributed by atoms with Gasteiger partial charge >= 0.3 is 5.97 Å². The summed E-state index contributed by atoms with van der Waals surface area (Å²) >= 11 is 8.10. The van der Waals surface area contributed by atoms with Crippen LogP contribution in [0.3, 0.4) is 0 Å². The molecule has 0 saturated carbocycles. The summed E-state index contributed by atoms with van der Waals surface area (Å²) in [5.74, 6) is -3.49. The third-order valence-corrected chi connectivity index (χ3v) is 4.80. The first-order valence-corrected chi connectivity index (χ1v) is 9.83. The molecule has 13 heteroatoms. The van der Waals surface area contributed by atoms with Crippen molar-refractivity contribution in [3.63, 3.8) is 0 Å². The van der Waals surface area contributed by atoms with Gasteiger partial charge in [-0.15, -0.1) is 0 Å². The van der Waals surface area contributed by atoms with Gasteiger partial charge in [0.25, 0.3) is 0 Å². The fourth-order valence-electron chi connectivity index (χ4n) is 2.69. The predicted molar refractivity (Wildman–Crippen MR) is 106 cm³/mol. The van der Waals surface area contributed by atoms with E-state index < -0.39 is 54.3 Å². The fourth-order valence-corrected chi connectivity index (χ4v) is 3.19. The van der Waals surface area contributed by atoms with Crippen LogP contribution in [0.2, 0.25) is 0 Å². The van der Waals surface area contributed by atoms with Crippen molar-refractivity contribution in [2.45, 2.75) is 31.0 Å². The SMILES string of the molecule is NCC(=O)N[C@@H](CS)C(=O)N[C@@H](CS)C(=O)N1CCC[C@H]1C(=O)NCC(=O)O. The minimum absolute atomic E-state index is 0.00497. The minimum atomic E-state index is -1.19. The molecule has 0 radical (unpaired) electrons. The molecule has 1 aliphatic heterocycles. The topological polar surface area (TPSA) is 171 Å². The van der Waals surface area contributed by atoms with Gasteiger partial charge in [-0.1, -0.05) is 0 Å². The van der Waals surface area contributed by atoms with Gasteiger partial charge in [-0.25, -0.2) is 0 Å². The molecule has 0 aliphatic carbocycles. The third-order valence-electron chi connectivity index (χ3n) is 4.07. The number of carboxylic acid groups (broad SMARTS) is 1. The van der Waals surface area contributed by atoms with E-state index in [4.69, 9.17) is 10.8 Å². The average molecular weight is 436 g/mol. The Morgan fingerprint density at radius 1 is 1.11 bits per heavy atom. The van der Waals surface area contributed by atoms with Crippen LogP contribution in [0.5, 0.6) is 0 Å². The molecule has 158 valence electrons. The zero-order valence-corrected chi connectivity index (χ0v) is 16.9. The molecule has 3 atom stereocenters. The number of nitrogens with one attached hydrogen (secondary N) is 3. The van der Waals surface area contributed by atoms with Crippen molar-refractivity contribution >= 4 is 54.9 Å². The average Bonchev–Trinajstić information content (AvgIpc) is 3.17. The van der Waals surface area contributed by atoms with E-state index in [2.05, 4.69) is 41.2 Å². The third kappa shape index (κ3) is 6.87. The van der Waals surface area contributed by atoms with E-state index in [1.807, 2.05) is 0 Å². The number of likely N-dealkylation sites (tertiary alicyclic amines) is 1. The smallest absolute Gasteiger partial charge is 0.322 e. The molecule has 1 aliphatic rings. The maximum absolute atomic E-state index is 12.8. The molecule has 11 nitrogen and oxygen atoms in total. The van der Waals surface area contributed by atoms with Crippen LogP contribution in [0.25, 0.3) is 0 Å². The molecule has 0 aromatic rings. The maximum atomic E-state index is 12.8.